The van der Waals surface area contributed by atoms with Crippen LogP contribution in [0.4, 0.5) is 0 Å². The zero-order valence-corrected chi connectivity index (χ0v) is 33.1. The van der Waals surface area contributed by atoms with Crippen molar-refractivity contribution in [3.8, 4) is 56.3 Å². The molecule has 0 bridgehead atoms. The van der Waals surface area contributed by atoms with Gasteiger partial charge < -0.3 is 0 Å². The molecule has 0 amide bonds. The normalized spacial score (nSPS) is 17.0. The second kappa shape index (κ2) is 15.6. The predicted octanol–water partition coefficient (Wildman–Crippen LogP) is 13.5. The summed E-state index contributed by atoms with van der Waals surface area (Å²) in [4.78, 5) is 19.9. The van der Waals surface area contributed by atoms with Crippen molar-refractivity contribution in [1.29, 1.82) is 0 Å². The van der Waals surface area contributed by atoms with Gasteiger partial charge in [-0.25, -0.2) is 15.0 Å². The van der Waals surface area contributed by atoms with Gasteiger partial charge in [-0.05, 0) is 99.0 Å². The molecular weight excluding hydrogens is 717 g/mol. The van der Waals surface area contributed by atoms with Gasteiger partial charge in [-0.15, -0.1) is 0 Å². The zero-order valence-electron chi connectivity index (χ0n) is 33.1. The van der Waals surface area contributed by atoms with E-state index >= 15 is 0 Å². The fourth-order valence-electron chi connectivity index (χ4n) is 8.66. The number of benzene rings is 5. The quantitative estimate of drug-likeness (QED) is 0.138. The molecule has 2 aromatic heterocycles. The number of fused-ring (bicyclic) bond motifs is 3. The standard InChI is InChI=1S/C55H42N4/c1-3-4-6-15-36(2)53-57-54(39-16-7-5-8-17-39)59-55(58-53)44-34-42(33-43(35-44)40-18-13-19-41(32-40)51-24-11-12-31-56-51)37-25-27-38(28-26-37)45-29-30-50-47-21-10-9-20-46(47)49-23-14-22-48(45)52(49)50/h3-36,45,48H,1-2H3/b4-3-,15-6-. The van der Waals surface area contributed by atoms with Gasteiger partial charge in [0, 0.05) is 40.6 Å². The topological polar surface area (TPSA) is 51.6 Å². The van der Waals surface area contributed by atoms with E-state index in [2.05, 4.69) is 164 Å². The minimum absolute atomic E-state index is 0.0229. The maximum atomic E-state index is 5.16. The summed E-state index contributed by atoms with van der Waals surface area (Å²) in [7, 11) is 0. The van der Waals surface area contributed by atoms with E-state index in [1.165, 1.54) is 33.4 Å². The highest BCUT2D eigenvalue weighted by Gasteiger charge is 2.36. The molecule has 59 heavy (non-hydrogen) atoms. The molecule has 0 fully saturated rings. The van der Waals surface area contributed by atoms with Crippen LogP contribution in [0.25, 0.3) is 67.4 Å². The van der Waals surface area contributed by atoms with E-state index in [0.717, 1.165) is 50.5 Å². The number of nitrogens with zero attached hydrogens (tertiary/aromatic N) is 4. The van der Waals surface area contributed by atoms with Crippen molar-refractivity contribution in [2.24, 2.45) is 5.92 Å². The third-order valence-corrected chi connectivity index (χ3v) is 11.6. The Hall–Kier alpha value is -7.30. The number of aromatic nitrogens is 4. The first kappa shape index (κ1) is 36.1. The monoisotopic (exact) mass is 758 g/mol. The Morgan fingerprint density at radius 2 is 1.25 bits per heavy atom. The van der Waals surface area contributed by atoms with Crippen molar-refractivity contribution >= 4 is 11.1 Å². The maximum absolute atomic E-state index is 5.16. The van der Waals surface area contributed by atoms with Gasteiger partial charge in [0.15, 0.2) is 11.6 Å². The molecule has 3 aliphatic carbocycles. The van der Waals surface area contributed by atoms with E-state index in [4.69, 9.17) is 15.0 Å². The zero-order chi connectivity index (χ0) is 39.7. The molecule has 0 radical (unpaired) electrons. The predicted molar refractivity (Wildman–Crippen MR) is 243 cm³/mol. The molecule has 0 spiro atoms. The molecule has 3 aliphatic rings. The van der Waals surface area contributed by atoms with Crippen LogP contribution in [-0.2, 0) is 0 Å². The Kier molecular flexibility index (Phi) is 9.52. The summed E-state index contributed by atoms with van der Waals surface area (Å²) < 4.78 is 0. The fraction of sp³-hybridized carbons (Fsp3) is 0.0909. The van der Waals surface area contributed by atoms with E-state index < -0.39 is 0 Å². The van der Waals surface area contributed by atoms with E-state index in [0.29, 0.717) is 17.6 Å². The molecule has 0 saturated carbocycles. The van der Waals surface area contributed by atoms with Crippen molar-refractivity contribution in [3.63, 3.8) is 0 Å². The number of rotatable bonds is 9. The van der Waals surface area contributed by atoms with Crippen molar-refractivity contribution in [3.05, 3.63) is 228 Å². The first-order valence-electron chi connectivity index (χ1n) is 20.4. The van der Waals surface area contributed by atoms with Crippen LogP contribution < -0.4 is 0 Å². The second-order valence-corrected chi connectivity index (χ2v) is 15.4. The first-order valence-corrected chi connectivity index (χ1v) is 20.4. The molecule has 2 heterocycles. The Morgan fingerprint density at radius 3 is 2.05 bits per heavy atom. The van der Waals surface area contributed by atoms with Crippen LogP contribution in [0.2, 0.25) is 0 Å². The Balaban J connectivity index is 1.07. The average Bonchev–Trinajstić information content (AvgIpc) is 3.64. The lowest BCUT2D eigenvalue weighted by Crippen LogP contribution is -2.16. The van der Waals surface area contributed by atoms with Crippen molar-refractivity contribution in [2.75, 3.05) is 0 Å². The minimum Gasteiger partial charge on any atom is -0.256 e. The fourth-order valence-corrected chi connectivity index (χ4v) is 8.66. The molecule has 4 nitrogen and oxygen atoms in total. The van der Waals surface area contributed by atoms with Crippen molar-refractivity contribution in [2.45, 2.75) is 25.7 Å². The van der Waals surface area contributed by atoms with E-state index in [-0.39, 0.29) is 11.8 Å². The van der Waals surface area contributed by atoms with Crippen LogP contribution in [0.15, 0.2) is 206 Å². The lowest BCUT2D eigenvalue weighted by atomic mass is 9.73. The SMILES string of the molecule is C/C=C\C=C/C(C)c1nc(-c2ccccc2)nc(-c2cc(-c3ccc(C4C=CC5=C6C(=CC=CC64)c4ccccc45)cc3)cc(-c3cccc(-c4ccccn4)c3)c2)n1. The molecule has 5 aromatic carbocycles. The summed E-state index contributed by atoms with van der Waals surface area (Å²) in [5, 5.41) is 0. The average molecular weight is 759 g/mol. The second-order valence-electron chi connectivity index (χ2n) is 15.4. The van der Waals surface area contributed by atoms with Crippen LogP contribution in [0.1, 0.15) is 48.2 Å². The maximum Gasteiger partial charge on any atom is 0.163 e. The molecule has 3 atom stereocenters. The van der Waals surface area contributed by atoms with Gasteiger partial charge in [-0.1, -0.05) is 165 Å². The summed E-state index contributed by atoms with van der Waals surface area (Å²) in [5.74, 6) is 2.54. The summed E-state index contributed by atoms with van der Waals surface area (Å²) in [5.41, 5.74) is 16.4. The van der Waals surface area contributed by atoms with E-state index in [9.17, 15) is 0 Å². The van der Waals surface area contributed by atoms with Crippen LogP contribution in [0.5, 0.6) is 0 Å². The lowest BCUT2D eigenvalue weighted by Gasteiger charge is -2.30. The van der Waals surface area contributed by atoms with Gasteiger partial charge in [0.25, 0.3) is 0 Å². The third kappa shape index (κ3) is 6.93. The van der Waals surface area contributed by atoms with E-state index in [1.54, 1.807) is 0 Å². The van der Waals surface area contributed by atoms with Gasteiger partial charge >= 0.3 is 0 Å². The van der Waals surface area contributed by atoms with Gasteiger partial charge in [0.1, 0.15) is 5.82 Å². The van der Waals surface area contributed by atoms with Gasteiger partial charge in [0.05, 0.1) is 5.69 Å². The molecule has 0 N–H and O–H groups in total. The highest BCUT2D eigenvalue weighted by molar-refractivity contribution is 6.05. The van der Waals surface area contributed by atoms with Crippen LogP contribution in [-0.4, -0.2) is 19.9 Å². The Bertz CT molecular complexity index is 2890. The largest absolute Gasteiger partial charge is 0.256 e. The summed E-state index contributed by atoms with van der Waals surface area (Å²) in [6, 6.07) is 49.5. The summed E-state index contributed by atoms with van der Waals surface area (Å²) in [6.07, 6.45) is 21.7. The number of hydrogen-bond donors (Lipinski definition) is 0. The third-order valence-electron chi connectivity index (χ3n) is 11.6. The Morgan fingerprint density at radius 1 is 0.559 bits per heavy atom. The molecule has 7 aromatic rings. The molecule has 282 valence electrons. The molecule has 4 heteroatoms. The van der Waals surface area contributed by atoms with Crippen LogP contribution in [0, 0.1) is 5.92 Å². The molecule has 0 saturated heterocycles. The van der Waals surface area contributed by atoms with Crippen LogP contribution in [0.3, 0.4) is 0 Å². The minimum atomic E-state index is -0.0229. The molecule has 3 unspecified atom stereocenters. The van der Waals surface area contributed by atoms with Crippen molar-refractivity contribution in [1.82, 2.24) is 19.9 Å². The lowest BCUT2D eigenvalue weighted by molar-refractivity contribution is 0.680. The highest BCUT2D eigenvalue weighted by Crippen LogP contribution is 2.53. The van der Waals surface area contributed by atoms with E-state index in [1.807, 2.05) is 55.6 Å². The number of hydrogen-bond acceptors (Lipinski definition) is 4. The first-order chi connectivity index (χ1) is 29.1. The van der Waals surface area contributed by atoms with Crippen LogP contribution >= 0.6 is 0 Å². The van der Waals surface area contributed by atoms with Gasteiger partial charge in [0.2, 0.25) is 0 Å². The summed E-state index contributed by atoms with van der Waals surface area (Å²) in [6.45, 7) is 4.15. The smallest absolute Gasteiger partial charge is 0.163 e. The molecular formula is C55H42N4. The van der Waals surface area contributed by atoms with Gasteiger partial charge in [-0.3, -0.25) is 4.98 Å². The highest BCUT2D eigenvalue weighted by atomic mass is 15.0. The molecule has 10 rings (SSSR count). The number of allylic oxidation sites excluding steroid dienone is 12. The Labute approximate surface area is 346 Å². The number of pyridine rings is 1. The summed E-state index contributed by atoms with van der Waals surface area (Å²) >= 11 is 0. The van der Waals surface area contributed by atoms with Gasteiger partial charge in [-0.2, -0.15) is 0 Å². The molecule has 0 aliphatic heterocycles. The van der Waals surface area contributed by atoms with Crippen molar-refractivity contribution < 1.29 is 0 Å².